The highest BCUT2D eigenvalue weighted by molar-refractivity contribution is 6.08. The second-order valence-corrected chi connectivity index (χ2v) is 15.3. The lowest BCUT2D eigenvalue weighted by molar-refractivity contribution is -0.108. The number of hydrogen-bond acceptors (Lipinski definition) is 17. The fourth-order valence-electron chi connectivity index (χ4n) is 7.34. The summed E-state index contributed by atoms with van der Waals surface area (Å²) in [6.07, 6.45) is -11.1. The van der Waals surface area contributed by atoms with Gasteiger partial charge in [0.15, 0.2) is 0 Å². The molecule has 0 aliphatic carbocycles. The number of aliphatic hydroxyl groups is 11. The van der Waals surface area contributed by atoms with Crippen LogP contribution in [-0.4, -0.2) is 201 Å². The lowest BCUT2D eigenvalue weighted by Crippen LogP contribution is -2.49. The van der Waals surface area contributed by atoms with Crippen molar-refractivity contribution in [2.45, 2.75) is 84.3 Å². The molecular formula is C41H62N6O17. The summed E-state index contributed by atoms with van der Waals surface area (Å²) < 4.78 is 0. The molecule has 2 rings (SSSR count). The van der Waals surface area contributed by atoms with Crippen molar-refractivity contribution in [3.8, 4) is 0 Å². The van der Waals surface area contributed by atoms with E-state index < -0.39 is 132 Å². The highest BCUT2D eigenvalue weighted by atomic mass is 16.4. The van der Waals surface area contributed by atoms with E-state index in [4.69, 9.17) is 0 Å². The fraction of sp³-hybridized carbons (Fsp3) is 0.561. The van der Waals surface area contributed by atoms with Gasteiger partial charge in [0.1, 0.15) is 18.3 Å². The molecule has 358 valence electrons. The molecule has 15 N–H and O–H groups in total. The Bertz CT molecular complexity index is 1740. The number of anilines is 2. The standard InChI is InChI=1S/C41H62N6O17/c1-19-31(38(61)42-7-25(54)13-48)21(3)35(22(4)32(19)39(62)43-8-26(55)14-49)46(17-52)11-29(58)37(60)30(59)12-47(18-53)36-23(5)33(40(63)44-9-27(56)15-50)20(2)34(24(36)6)41(64)45-10-28(57)16-51/h17-18,25-30,37,48-51,54-60H,7-16H2,1-6H3,(H,42,61)(H,43,62)(H,44,63)(H,45,64). The summed E-state index contributed by atoms with van der Waals surface area (Å²) in [6.45, 7) is 2.52. The van der Waals surface area contributed by atoms with Gasteiger partial charge in [-0.05, 0) is 74.9 Å². The Hall–Kier alpha value is -5.18. The SMILES string of the molecule is Cc1c(C(=O)NCC(O)CO)c(C)c(N(C=O)CC(O)C(O)C(O)CN(C=O)c2c(C)c(C(=O)NCC(O)CO)c(C)c(C(=O)NCC(O)CO)c2C)c(C)c1C(=O)NCC(O)CO. The van der Waals surface area contributed by atoms with Crippen molar-refractivity contribution in [3.63, 3.8) is 0 Å². The molecule has 0 bridgehead atoms. The average Bonchev–Trinajstić information content (AvgIpc) is 3.26. The summed E-state index contributed by atoms with van der Waals surface area (Å²) in [5, 5.41) is 120. The molecule has 6 amide bonds. The van der Waals surface area contributed by atoms with Crippen molar-refractivity contribution in [3.05, 3.63) is 55.6 Å². The average molecular weight is 911 g/mol. The molecular weight excluding hydrogens is 848 g/mol. The van der Waals surface area contributed by atoms with Crippen molar-refractivity contribution in [2.24, 2.45) is 0 Å². The zero-order valence-corrected chi connectivity index (χ0v) is 36.5. The third-order valence-electron chi connectivity index (χ3n) is 10.5. The Kier molecular flexibility index (Phi) is 21.8. The first kappa shape index (κ1) is 55.0. The second-order valence-electron chi connectivity index (χ2n) is 15.3. The zero-order valence-electron chi connectivity index (χ0n) is 36.5. The van der Waals surface area contributed by atoms with Gasteiger partial charge in [-0.1, -0.05) is 0 Å². The van der Waals surface area contributed by atoms with Crippen LogP contribution in [0.25, 0.3) is 0 Å². The lowest BCUT2D eigenvalue weighted by atomic mass is 9.89. The van der Waals surface area contributed by atoms with E-state index in [1.807, 2.05) is 0 Å². The van der Waals surface area contributed by atoms with E-state index in [-0.39, 0.29) is 79.8 Å². The quantitative estimate of drug-likeness (QED) is 0.0392. The Labute approximate surface area is 368 Å². The van der Waals surface area contributed by atoms with Crippen LogP contribution in [0.3, 0.4) is 0 Å². The Morgan fingerprint density at radius 3 is 0.844 bits per heavy atom. The van der Waals surface area contributed by atoms with E-state index in [2.05, 4.69) is 21.3 Å². The first-order chi connectivity index (χ1) is 30.1. The van der Waals surface area contributed by atoms with E-state index in [1.165, 1.54) is 41.5 Å². The number of amides is 6. The summed E-state index contributed by atoms with van der Waals surface area (Å²) >= 11 is 0. The second kappa shape index (κ2) is 25.3. The topological polar surface area (TPSA) is 380 Å². The van der Waals surface area contributed by atoms with Crippen LogP contribution >= 0.6 is 0 Å². The van der Waals surface area contributed by atoms with Crippen LogP contribution in [0.4, 0.5) is 11.4 Å². The van der Waals surface area contributed by atoms with E-state index in [9.17, 15) is 84.9 Å². The van der Waals surface area contributed by atoms with Gasteiger partial charge in [0.25, 0.3) is 23.6 Å². The summed E-state index contributed by atoms with van der Waals surface area (Å²) in [5.41, 5.74) is -0.284. The summed E-state index contributed by atoms with van der Waals surface area (Å²) in [7, 11) is 0. The smallest absolute Gasteiger partial charge is 0.252 e. The molecule has 0 saturated carbocycles. The molecule has 0 radical (unpaired) electrons. The molecule has 2 aromatic rings. The molecule has 0 fully saturated rings. The number of carbonyl (C=O) groups excluding carboxylic acids is 6. The highest BCUT2D eigenvalue weighted by Gasteiger charge is 2.34. The third kappa shape index (κ3) is 13.4. The van der Waals surface area contributed by atoms with Gasteiger partial charge in [-0.2, -0.15) is 0 Å². The summed E-state index contributed by atoms with van der Waals surface area (Å²) in [6, 6.07) is 0. The molecule has 0 aliphatic heterocycles. The third-order valence-corrected chi connectivity index (χ3v) is 10.5. The minimum Gasteiger partial charge on any atom is -0.394 e. The number of nitrogens with zero attached hydrogens (tertiary/aromatic N) is 2. The molecule has 6 unspecified atom stereocenters. The van der Waals surface area contributed by atoms with Crippen LogP contribution < -0.4 is 31.1 Å². The van der Waals surface area contributed by atoms with Crippen molar-refractivity contribution >= 4 is 47.8 Å². The van der Waals surface area contributed by atoms with E-state index >= 15 is 0 Å². The van der Waals surface area contributed by atoms with Crippen molar-refractivity contribution in [1.82, 2.24) is 21.3 Å². The normalized spacial score (nSPS) is 14.6. The van der Waals surface area contributed by atoms with Gasteiger partial charge in [0.05, 0.1) is 75.3 Å². The number of carbonyl (C=O) groups is 6. The highest BCUT2D eigenvalue weighted by Crippen LogP contribution is 2.36. The zero-order chi connectivity index (χ0) is 48.7. The minimum absolute atomic E-state index is 0.0844. The van der Waals surface area contributed by atoms with Gasteiger partial charge in [-0.15, -0.1) is 0 Å². The van der Waals surface area contributed by atoms with Crippen LogP contribution in [-0.2, 0) is 9.59 Å². The van der Waals surface area contributed by atoms with Gasteiger partial charge in [-0.25, -0.2) is 0 Å². The molecule has 6 atom stereocenters. The predicted molar refractivity (Wildman–Crippen MR) is 228 cm³/mol. The van der Waals surface area contributed by atoms with Gasteiger partial charge >= 0.3 is 0 Å². The largest absolute Gasteiger partial charge is 0.394 e. The van der Waals surface area contributed by atoms with Crippen LogP contribution in [0.1, 0.15) is 74.8 Å². The molecule has 0 heterocycles. The maximum Gasteiger partial charge on any atom is 0.252 e. The summed E-state index contributed by atoms with van der Waals surface area (Å²) in [4.78, 5) is 81.3. The number of hydrogen-bond donors (Lipinski definition) is 15. The van der Waals surface area contributed by atoms with Crippen molar-refractivity contribution in [2.75, 3.05) is 75.5 Å². The number of benzene rings is 2. The van der Waals surface area contributed by atoms with Crippen LogP contribution in [0, 0.1) is 41.5 Å². The number of nitrogens with one attached hydrogen (secondary N) is 4. The maximum atomic E-state index is 13.5. The Morgan fingerprint density at radius 2 is 0.656 bits per heavy atom. The molecule has 0 aliphatic rings. The van der Waals surface area contributed by atoms with Crippen LogP contribution in [0.2, 0.25) is 0 Å². The van der Waals surface area contributed by atoms with Gasteiger partial charge in [0, 0.05) is 48.4 Å². The fourth-order valence-corrected chi connectivity index (χ4v) is 7.34. The molecule has 23 heteroatoms. The van der Waals surface area contributed by atoms with E-state index in [0.29, 0.717) is 0 Å². The molecule has 2 aromatic carbocycles. The van der Waals surface area contributed by atoms with E-state index in [0.717, 1.165) is 9.80 Å². The van der Waals surface area contributed by atoms with Gasteiger partial charge in [-0.3, -0.25) is 28.8 Å². The van der Waals surface area contributed by atoms with E-state index in [1.54, 1.807) is 0 Å². The molecule has 0 saturated heterocycles. The Balaban J connectivity index is 2.65. The minimum atomic E-state index is -2.14. The first-order valence-electron chi connectivity index (χ1n) is 20.1. The lowest BCUT2D eigenvalue weighted by Gasteiger charge is -2.33. The molecule has 0 aromatic heterocycles. The van der Waals surface area contributed by atoms with Crippen LogP contribution in [0.15, 0.2) is 0 Å². The predicted octanol–water partition coefficient (Wildman–Crippen LogP) is -5.42. The number of aliphatic hydroxyl groups excluding tert-OH is 11. The maximum absolute atomic E-state index is 13.5. The molecule has 23 nitrogen and oxygen atoms in total. The van der Waals surface area contributed by atoms with Crippen molar-refractivity contribution < 1.29 is 84.9 Å². The first-order valence-corrected chi connectivity index (χ1v) is 20.1. The molecule has 64 heavy (non-hydrogen) atoms. The monoisotopic (exact) mass is 910 g/mol. The summed E-state index contributed by atoms with van der Waals surface area (Å²) in [5.74, 6) is -3.34. The Morgan fingerprint density at radius 1 is 0.438 bits per heavy atom. The van der Waals surface area contributed by atoms with Gasteiger partial charge in [0.2, 0.25) is 12.8 Å². The number of rotatable bonds is 26. The molecule has 0 spiro atoms. The van der Waals surface area contributed by atoms with Crippen molar-refractivity contribution in [1.29, 1.82) is 0 Å². The van der Waals surface area contributed by atoms with Crippen LogP contribution in [0.5, 0.6) is 0 Å². The van der Waals surface area contributed by atoms with Gasteiger partial charge < -0.3 is 87.2 Å².